The first-order valence-electron chi connectivity index (χ1n) is 5.55. The fraction of sp³-hybridized carbons (Fsp3) is 0.538. The second kappa shape index (κ2) is 5.05. The smallest absolute Gasteiger partial charge is 0.0283 e. The minimum atomic E-state index is 0.397. The molecule has 0 spiro atoms. The zero-order valence-electron chi connectivity index (χ0n) is 8.81. The molecule has 0 aromatic heterocycles. The van der Waals surface area contributed by atoms with E-state index >= 15 is 0 Å². The Kier molecular flexibility index (Phi) is 3.94. The van der Waals surface area contributed by atoms with Gasteiger partial charge in [-0.1, -0.05) is 25.0 Å². The first-order chi connectivity index (χ1) is 7.24. The van der Waals surface area contributed by atoms with Crippen LogP contribution >= 0.6 is 34.2 Å². The molecule has 0 atom stereocenters. The molecule has 15 heavy (non-hydrogen) atoms. The largest absolute Gasteiger partial charge is 0.126 e. The monoisotopic (exact) mass is 334 g/mol. The summed E-state index contributed by atoms with van der Waals surface area (Å²) in [7, 11) is 0. The third-order valence-electron chi connectivity index (χ3n) is 3.44. The third kappa shape index (κ3) is 2.88. The van der Waals surface area contributed by atoms with Gasteiger partial charge in [-0.25, -0.2) is 0 Å². The Morgan fingerprint density at radius 1 is 1.13 bits per heavy atom. The van der Waals surface area contributed by atoms with E-state index in [0.29, 0.717) is 5.41 Å². The molecule has 0 heterocycles. The van der Waals surface area contributed by atoms with Crippen LogP contribution in [0.3, 0.4) is 0 Å². The molecule has 0 nitrogen and oxygen atoms in total. The van der Waals surface area contributed by atoms with E-state index in [0.717, 1.165) is 12.3 Å². The second-order valence-electron chi connectivity index (χ2n) is 4.64. The van der Waals surface area contributed by atoms with E-state index in [1.54, 1.807) is 0 Å². The Labute approximate surface area is 111 Å². The summed E-state index contributed by atoms with van der Waals surface area (Å²) in [6, 6.07) is 8.86. The molecular formula is C13H16ClI. The van der Waals surface area contributed by atoms with E-state index in [4.69, 9.17) is 11.6 Å². The molecule has 82 valence electrons. The van der Waals surface area contributed by atoms with Crippen LogP contribution in [0.5, 0.6) is 0 Å². The Morgan fingerprint density at radius 2 is 1.73 bits per heavy atom. The van der Waals surface area contributed by atoms with Crippen molar-refractivity contribution in [2.24, 2.45) is 5.41 Å². The number of hydrogen-bond donors (Lipinski definition) is 0. The van der Waals surface area contributed by atoms with Crippen molar-refractivity contribution in [1.82, 2.24) is 0 Å². The van der Waals surface area contributed by atoms with Crippen LogP contribution in [0.2, 0.25) is 0 Å². The molecule has 1 aliphatic carbocycles. The van der Waals surface area contributed by atoms with Gasteiger partial charge in [-0.2, -0.15) is 0 Å². The summed E-state index contributed by atoms with van der Waals surface area (Å²) in [6.07, 6.45) is 6.49. The maximum absolute atomic E-state index is 6.14. The fourth-order valence-corrected chi connectivity index (χ4v) is 3.24. The second-order valence-corrected chi connectivity index (χ2v) is 6.16. The van der Waals surface area contributed by atoms with Gasteiger partial charge in [0.25, 0.3) is 0 Å². The summed E-state index contributed by atoms with van der Waals surface area (Å²) in [5.41, 5.74) is 1.84. The van der Waals surface area contributed by atoms with Gasteiger partial charge in [-0.3, -0.25) is 0 Å². The molecule has 2 heteroatoms. The molecule has 0 saturated heterocycles. The van der Waals surface area contributed by atoms with E-state index in [1.807, 2.05) is 0 Å². The highest BCUT2D eigenvalue weighted by molar-refractivity contribution is 14.1. The van der Waals surface area contributed by atoms with Crippen LogP contribution in [0, 0.1) is 8.99 Å². The summed E-state index contributed by atoms with van der Waals surface area (Å²) in [5, 5.41) is 0. The summed E-state index contributed by atoms with van der Waals surface area (Å²) in [4.78, 5) is 0. The van der Waals surface area contributed by atoms with Gasteiger partial charge >= 0.3 is 0 Å². The van der Waals surface area contributed by atoms with Crippen molar-refractivity contribution in [3.05, 3.63) is 33.4 Å². The highest BCUT2D eigenvalue weighted by Crippen LogP contribution is 2.41. The number of alkyl halides is 1. The van der Waals surface area contributed by atoms with Gasteiger partial charge in [0.2, 0.25) is 0 Å². The summed E-state index contributed by atoms with van der Waals surface area (Å²) >= 11 is 8.49. The van der Waals surface area contributed by atoms with Crippen LogP contribution in [0.4, 0.5) is 0 Å². The number of halogens is 2. The minimum absolute atomic E-state index is 0.397. The van der Waals surface area contributed by atoms with Crippen LogP contribution in [-0.4, -0.2) is 5.88 Å². The van der Waals surface area contributed by atoms with E-state index in [-0.39, 0.29) is 0 Å². The summed E-state index contributed by atoms with van der Waals surface area (Å²) in [6.45, 7) is 0. The molecule has 1 saturated carbocycles. The maximum atomic E-state index is 6.14. The zero-order valence-corrected chi connectivity index (χ0v) is 11.7. The van der Waals surface area contributed by atoms with E-state index < -0.39 is 0 Å². The maximum Gasteiger partial charge on any atom is 0.0283 e. The van der Waals surface area contributed by atoms with Crippen LogP contribution in [-0.2, 0) is 6.42 Å². The quantitative estimate of drug-likeness (QED) is 0.558. The van der Waals surface area contributed by atoms with Gasteiger partial charge in [-0.05, 0) is 65.0 Å². The van der Waals surface area contributed by atoms with Gasteiger partial charge in [0.15, 0.2) is 0 Å². The molecule has 1 fully saturated rings. The van der Waals surface area contributed by atoms with E-state index in [2.05, 4.69) is 46.9 Å². The lowest BCUT2D eigenvalue weighted by Gasteiger charge is -2.26. The van der Waals surface area contributed by atoms with Gasteiger partial charge in [-0.15, -0.1) is 11.6 Å². The normalized spacial score (nSPS) is 19.3. The first-order valence-corrected chi connectivity index (χ1v) is 7.16. The van der Waals surface area contributed by atoms with Crippen molar-refractivity contribution in [3.63, 3.8) is 0 Å². The highest BCUT2D eigenvalue weighted by atomic mass is 127. The molecule has 0 N–H and O–H groups in total. The predicted octanol–water partition coefficient (Wildman–Crippen LogP) is 4.63. The molecular weight excluding hydrogens is 319 g/mol. The molecule has 0 bridgehead atoms. The number of hydrogen-bond acceptors (Lipinski definition) is 0. The average molecular weight is 335 g/mol. The lowest BCUT2D eigenvalue weighted by molar-refractivity contribution is 0.341. The molecule has 0 radical (unpaired) electrons. The van der Waals surface area contributed by atoms with Crippen LogP contribution in [0.15, 0.2) is 24.3 Å². The zero-order chi connectivity index (χ0) is 10.7. The molecule has 0 aliphatic heterocycles. The van der Waals surface area contributed by atoms with Gasteiger partial charge < -0.3 is 0 Å². The third-order valence-corrected chi connectivity index (χ3v) is 4.73. The van der Waals surface area contributed by atoms with Crippen LogP contribution in [0.1, 0.15) is 31.2 Å². The Bertz CT molecular complexity index is 312. The minimum Gasteiger partial charge on any atom is -0.126 e. The van der Waals surface area contributed by atoms with Gasteiger partial charge in [0.1, 0.15) is 0 Å². The molecule has 0 amide bonds. The van der Waals surface area contributed by atoms with Crippen molar-refractivity contribution in [2.45, 2.75) is 32.1 Å². The fourth-order valence-electron chi connectivity index (χ4n) is 2.52. The van der Waals surface area contributed by atoms with Crippen molar-refractivity contribution in [3.8, 4) is 0 Å². The standard InChI is InChI=1S/C13H16ClI/c14-10-13(7-1-2-8-13)9-11-3-5-12(15)6-4-11/h3-6H,1-2,7-10H2. The average Bonchev–Trinajstić information content (AvgIpc) is 2.71. The Hall–Kier alpha value is 0.240. The SMILES string of the molecule is ClCC1(Cc2ccc(I)cc2)CCCC1. The van der Waals surface area contributed by atoms with Crippen LogP contribution < -0.4 is 0 Å². The van der Waals surface area contributed by atoms with Crippen molar-refractivity contribution >= 4 is 34.2 Å². The van der Waals surface area contributed by atoms with Crippen LogP contribution in [0.25, 0.3) is 0 Å². The first kappa shape index (κ1) is 11.7. The van der Waals surface area contributed by atoms with Crippen molar-refractivity contribution in [2.75, 3.05) is 5.88 Å². The topological polar surface area (TPSA) is 0 Å². The van der Waals surface area contributed by atoms with E-state index in [1.165, 1.54) is 34.8 Å². The van der Waals surface area contributed by atoms with Gasteiger partial charge in [0.05, 0.1) is 0 Å². The summed E-state index contributed by atoms with van der Waals surface area (Å²) < 4.78 is 1.31. The van der Waals surface area contributed by atoms with Crippen molar-refractivity contribution < 1.29 is 0 Å². The Morgan fingerprint density at radius 3 is 2.27 bits per heavy atom. The molecule has 0 unspecified atom stereocenters. The lowest BCUT2D eigenvalue weighted by Crippen LogP contribution is -2.21. The Balaban J connectivity index is 2.09. The predicted molar refractivity (Wildman–Crippen MR) is 74.5 cm³/mol. The molecule has 1 aromatic carbocycles. The highest BCUT2D eigenvalue weighted by Gasteiger charge is 2.32. The summed E-state index contributed by atoms with van der Waals surface area (Å²) in [5.74, 6) is 0.818. The molecule has 2 rings (SSSR count). The van der Waals surface area contributed by atoms with E-state index in [9.17, 15) is 0 Å². The lowest BCUT2D eigenvalue weighted by atomic mass is 9.82. The molecule has 1 aromatic rings. The number of benzene rings is 1. The number of rotatable bonds is 3. The van der Waals surface area contributed by atoms with Gasteiger partial charge in [0, 0.05) is 9.45 Å². The van der Waals surface area contributed by atoms with Crippen molar-refractivity contribution in [1.29, 1.82) is 0 Å². The molecule has 1 aliphatic rings.